The molecule has 0 saturated carbocycles. The van der Waals surface area contributed by atoms with Crippen molar-refractivity contribution in [1.82, 2.24) is 4.90 Å². The minimum absolute atomic E-state index is 0.0670. The van der Waals surface area contributed by atoms with Gasteiger partial charge in [-0.2, -0.15) is 0 Å². The van der Waals surface area contributed by atoms with Crippen molar-refractivity contribution in [3.05, 3.63) is 65.3 Å². The second-order valence-electron chi connectivity index (χ2n) is 9.28. The highest BCUT2D eigenvalue weighted by Gasteiger charge is 2.49. The summed E-state index contributed by atoms with van der Waals surface area (Å²) in [5, 5.41) is 7.46. The van der Waals surface area contributed by atoms with Crippen LogP contribution >= 0.6 is 0 Å². The summed E-state index contributed by atoms with van der Waals surface area (Å²) in [6, 6.07) is 9.70. The van der Waals surface area contributed by atoms with Gasteiger partial charge in [0.05, 0.1) is 4.90 Å². The molecule has 2 atom stereocenters. The first-order valence-corrected chi connectivity index (χ1v) is 13.4. The molecule has 2 aliphatic heterocycles. The zero-order valence-electron chi connectivity index (χ0n) is 19.7. The van der Waals surface area contributed by atoms with Gasteiger partial charge in [-0.05, 0) is 81.1 Å². The minimum Gasteiger partial charge on any atom is -0.381 e. The highest BCUT2D eigenvalue weighted by molar-refractivity contribution is 7.94. The van der Waals surface area contributed by atoms with E-state index < -0.39 is 15.4 Å². The van der Waals surface area contributed by atoms with E-state index in [2.05, 4.69) is 29.0 Å². The molecule has 4 rings (SSSR count). The number of likely N-dealkylation sites (tertiary alicyclic amines) is 1. The van der Waals surface area contributed by atoms with Gasteiger partial charge in [-0.1, -0.05) is 19.9 Å². The Hall–Kier alpha value is -2.71. The number of piperidine rings is 1. The fraction of sp³-hybridized carbons (Fsp3) is 0.423. The molecule has 0 bridgehead atoms. The topological polar surface area (TPSA) is 78.5 Å². The first-order valence-electron chi connectivity index (χ1n) is 11.8. The summed E-state index contributed by atoms with van der Waals surface area (Å²) in [5.74, 6) is -0.431. The molecule has 2 heterocycles. The van der Waals surface area contributed by atoms with Crippen LogP contribution in [0.2, 0.25) is 0 Å². The van der Waals surface area contributed by atoms with E-state index in [0.717, 1.165) is 61.0 Å². The van der Waals surface area contributed by atoms with E-state index in [1.54, 1.807) is 24.3 Å². The monoisotopic (exact) mass is 485 g/mol. The summed E-state index contributed by atoms with van der Waals surface area (Å²) in [6.07, 6.45) is 4.46. The molecule has 0 radical (unpaired) electrons. The van der Waals surface area contributed by atoms with Gasteiger partial charge in [0.25, 0.3) is 0 Å². The van der Waals surface area contributed by atoms with Crippen LogP contribution in [0, 0.1) is 5.82 Å². The van der Waals surface area contributed by atoms with Crippen molar-refractivity contribution < 1.29 is 17.6 Å². The zero-order chi connectivity index (χ0) is 24.5. The summed E-state index contributed by atoms with van der Waals surface area (Å²) in [5.41, 5.74) is 2.19. The number of carbonyl (C=O) groups excluding carboxylic acids is 1. The number of nitrogens with zero attached hydrogens (tertiary/aromatic N) is 1. The lowest BCUT2D eigenvalue weighted by Crippen LogP contribution is -2.55. The van der Waals surface area contributed by atoms with Gasteiger partial charge in [0.2, 0.25) is 5.91 Å². The normalized spacial score (nSPS) is 22.8. The molecule has 6 nitrogen and oxygen atoms in total. The number of anilines is 2. The largest absolute Gasteiger partial charge is 0.381 e. The van der Waals surface area contributed by atoms with Crippen LogP contribution < -0.4 is 10.6 Å². The Morgan fingerprint density at radius 1 is 1.29 bits per heavy atom. The van der Waals surface area contributed by atoms with Crippen LogP contribution in [0.4, 0.5) is 15.8 Å². The number of carbonyl (C=O) groups is 1. The summed E-state index contributed by atoms with van der Waals surface area (Å²) in [4.78, 5) is 15.6. The molecular weight excluding hydrogens is 453 g/mol. The molecular formula is C26H32FN3O3S. The number of unbranched alkanes of at least 4 members (excludes halogenated alkanes) is 1. The van der Waals surface area contributed by atoms with Gasteiger partial charge in [0.1, 0.15) is 11.4 Å². The maximum absolute atomic E-state index is 14.6. The van der Waals surface area contributed by atoms with Crippen molar-refractivity contribution >= 4 is 27.1 Å². The highest BCUT2D eigenvalue weighted by atomic mass is 32.2. The van der Waals surface area contributed by atoms with Crippen LogP contribution in [0.15, 0.2) is 53.3 Å². The molecule has 2 N–H and O–H groups in total. The average Bonchev–Trinajstić information content (AvgIpc) is 3.09. The second-order valence-corrected chi connectivity index (χ2v) is 11.2. The summed E-state index contributed by atoms with van der Waals surface area (Å²) >= 11 is 0. The van der Waals surface area contributed by atoms with Crippen molar-refractivity contribution in [3.8, 4) is 0 Å². The fourth-order valence-electron chi connectivity index (χ4n) is 5.00. The number of hydrogen-bond acceptors (Lipinski definition) is 5. The van der Waals surface area contributed by atoms with Crippen molar-refractivity contribution in [1.29, 1.82) is 0 Å². The van der Waals surface area contributed by atoms with Gasteiger partial charge in [-0.25, -0.2) is 12.8 Å². The summed E-state index contributed by atoms with van der Waals surface area (Å²) in [7, 11) is -3.47. The molecule has 0 spiro atoms. The molecule has 2 aromatic rings. The first-order chi connectivity index (χ1) is 16.2. The quantitative estimate of drug-likeness (QED) is 0.560. The number of amides is 1. The third kappa shape index (κ3) is 4.49. The number of fused-ring (bicyclic) bond motifs is 1. The third-order valence-electron chi connectivity index (χ3n) is 7.02. The number of nitrogens with one attached hydrogen (secondary N) is 2. The summed E-state index contributed by atoms with van der Waals surface area (Å²) < 4.78 is 38.5. The average molecular weight is 486 g/mol. The van der Waals surface area contributed by atoms with Crippen molar-refractivity contribution in [2.75, 3.05) is 23.7 Å². The third-order valence-corrected chi connectivity index (χ3v) is 8.38. The van der Waals surface area contributed by atoms with E-state index in [1.165, 1.54) is 12.1 Å². The van der Waals surface area contributed by atoms with Crippen LogP contribution in [0.3, 0.4) is 0 Å². The van der Waals surface area contributed by atoms with E-state index in [9.17, 15) is 17.6 Å². The van der Waals surface area contributed by atoms with Gasteiger partial charge >= 0.3 is 0 Å². The second kappa shape index (κ2) is 9.50. The van der Waals surface area contributed by atoms with Crippen LogP contribution in [-0.4, -0.2) is 38.4 Å². The van der Waals surface area contributed by atoms with Gasteiger partial charge in [0.15, 0.2) is 9.84 Å². The molecule has 1 unspecified atom stereocenters. The zero-order valence-corrected chi connectivity index (χ0v) is 20.6. The van der Waals surface area contributed by atoms with E-state index in [0.29, 0.717) is 12.1 Å². The van der Waals surface area contributed by atoms with Crippen LogP contribution in [-0.2, 0) is 26.6 Å². The fourth-order valence-corrected chi connectivity index (χ4v) is 5.71. The standard InChI is InChI=1S/C26H32FN3O3S/c1-4-6-8-18-15-19(27)16-23-24(18)29-25(31)26(23,3)30-14-7-9-21(17-30)28-20-10-12-22(13-11-20)34(32,33)5-2/h5,10-13,15-16,21,28H,2,4,6-9,14,17H2,1,3H3,(H,29,31)/t21-,26?/m1/s1. The lowest BCUT2D eigenvalue weighted by atomic mass is 9.87. The molecule has 2 aliphatic rings. The number of benzene rings is 2. The Morgan fingerprint density at radius 2 is 2.03 bits per heavy atom. The Balaban J connectivity index is 1.55. The number of aryl methyl sites for hydroxylation is 1. The summed E-state index contributed by atoms with van der Waals surface area (Å²) in [6.45, 7) is 8.68. The van der Waals surface area contributed by atoms with Gasteiger partial charge in [-0.3, -0.25) is 9.69 Å². The molecule has 34 heavy (non-hydrogen) atoms. The predicted octanol–water partition coefficient (Wildman–Crippen LogP) is 4.83. The van der Waals surface area contributed by atoms with E-state index in [-0.39, 0.29) is 22.7 Å². The number of halogens is 1. The SMILES string of the molecule is C=CS(=O)(=O)c1ccc(N[C@@H]2CCCN(C3(C)C(=O)Nc4c(CCCC)cc(F)cc43)C2)cc1. The Kier molecular flexibility index (Phi) is 6.82. The lowest BCUT2D eigenvalue weighted by molar-refractivity contribution is -0.127. The van der Waals surface area contributed by atoms with E-state index in [1.807, 2.05) is 6.92 Å². The Morgan fingerprint density at radius 3 is 2.71 bits per heavy atom. The Labute approximate surface area is 201 Å². The molecule has 1 saturated heterocycles. The van der Waals surface area contributed by atoms with Crippen molar-refractivity contribution in [2.45, 2.75) is 62.4 Å². The van der Waals surface area contributed by atoms with Crippen LogP contribution in [0.25, 0.3) is 0 Å². The first kappa shape index (κ1) is 24.4. The van der Waals surface area contributed by atoms with Gasteiger partial charge < -0.3 is 10.6 Å². The van der Waals surface area contributed by atoms with Crippen LogP contribution in [0.5, 0.6) is 0 Å². The smallest absolute Gasteiger partial charge is 0.249 e. The molecule has 0 aliphatic carbocycles. The van der Waals surface area contributed by atoms with Crippen molar-refractivity contribution in [2.24, 2.45) is 0 Å². The molecule has 8 heteroatoms. The van der Waals surface area contributed by atoms with E-state index >= 15 is 0 Å². The lowest BCUT2D eigenvalue weighted by Gasteiger charge is -2.42. The predicted molar refractivity (Wildman–Crippen MR) is 133 cm³/mol. The van der Waals surface area contributed by atoms with Gasteiger partial charge in [-0.15, -0.1) is 0 Å². The molecule has 182 valence electrons. The molecule has 1 amide bonds. The number of rotatable bonds is 8. The minimum atomic E-state index is -3.47. The molecule has 1 fully saturated rings. The van der Waals surface area contributed by atoms with E-state index in [4.69, 9.17) is 0 Å². The van der Waals surface area contributed by atoms with Crippen molar-refractivity contribution in [3.63, 3.8) is 0 Å². The molecule has 2 aromatic carbocycles. The van der Waals surface area contributed by atoms with Crippen LogP contribution in [0.1, 0.15) is 50.7 Å². The maximum Gasteiger partial charge on any atom is 0.249 e. The number of hydrogen-bond donors (Lipinski definition) is 2. The highest BCUT2D eigenvalue weighted by Crippen LogP contribution is 2.44. The Bertz CT molecular complexity index is 1200. The molecule has 0 aromatic heterocycles. The van der Waals surface area contributed by atoms with Gasteiger partial charge in [0, 0.05) is 34.9 Å². The maximum atomic E-state index is 14.6. The number of sulfone groups is 1.